The summed E-state index contributed by atoms with van der Waals surface area (Å²) in [6, 6.07) is 14.5. The van der Waals surface area contributed by atoms with Gasteiger partial charge in [0.05, 0.1) is 0 Å². The third-order valence-corrected chi connectivity index (χ3v) is 4.15. The standard InChI is InChI=1S/C15H16ClNS/c1-11-10-13(17(2)3)6-9-15(11)18-14-7-4-12(16)5-8-14/h4-10H,1-3H3. The first-order valence-electron chi connectivity index (χ1n) is 5.77. The van der Waals surface area contributed by atoms with E-state index in [-0.39, 0.29) is 0 Å². The van der Waals surface area contributed by atoms with E-state index in [2.05, 4.69) is 44.1 Å². The number of nitrogens with zero attached hydrogens (tertiary/aromatic N) is 1. The Kier molecular flexibility index (Phi) is 4.20. The van der Waals surface area contributed by atoms with Gasteiger partial charge >= 0.3 is 0 Å². The fraction of sp³-hybridized carbons (Fsp3) is 0.200. The molecular weight excluding hydrogens is 262 g/mol. The predicted octanol–water partition coefficient (Wildman–Crippen LogP) is 4.87. The van der Waals surface area contributed by atoms with Crippen molar-refractivity contribution in [1.29, 1.82) is 0 Å². The van der Waals surface area contributed by atoms with E-state index in [0.29, 0.717) is 0 Å². The van der Waals surface area contributed by atoms with E-state index >= 15 is 0 Å². The highest BCUT2D eigenvalue weighted by Gasteiger charge is 2.03. The lowest BCUT2D eigenvalue weighted by atomic mass is 10.2. The second kappa shape index (κ2) is 5.68. The van der Waals surface area contributed by atoms with Crippen molar-refractivity contribution in [1.82, 2.24) is 0 Å². The van der Waals surface area contributed by atoms with Crippen LogP contribution in [0, 0.1) is 6.92 Å². The zero-order valence-electron chi connectivity index (χ0n) is 10.8. The average Bonchev–Trinajstić information content (AvgIpc) is 2.34. The van der Waals surface area contributed by atoms with E-state index in [4.69, 9.17) is 11.6 Å². The summed E-state index contributed by atoms with van der Waals surface area (Å²) in [5, 5.41) is 0.777. The van der Waals surface area contributed by atoms with E-state index < -0.39 is 0 Å². The molecule has 0 aliphatic heterocycles. The average molecular weight is 278 g/mol. The van der Waals surface area contributed by atoms with Gasteiger partial charge < -0.3 is 4.90 Å². The third-order valence-electron chi connectivity index (χ3n) is 2.72. The molecule has 0 amide bonds. The lowest BCUT2D eigenvalue weighted by molar-refractivity contribution is 1.12. The SMILES string of the molecule is Cc1cc(N(C)C)ccc1Sc1ccc(Cl)cc1. The Balaban J connectivity index is 2.22. The van der Waals surface area contributed by atoms with Crippen LogP contribution in [0.5, 0.6) is 0 Å². The minimum atomic E-state index is 0.777. The molecule has 0 N–H and O–H groups in total. The number of hydrogen-bond donors (Lipinski definition) is 0. The molecule has 0 saturated carbocycles. The van der Waals surface area contributed by atoms with Gasteiger partial charge in [0.25, 0.3) is 0 Å². The molecule has 0 heterocycles. The van der Waals surface area contributed by atoms with E-state index in [1.54, 1.807) is 11.8 Å². The molecule has 0 aromatic heterocycles. The molecule has 1 nitrogen and oxygen atoms in total. The molecule has 2 rings (SSSR count). The molecule has 0 fully saturated rings. The van der Waals surface area contributed by atoms with Crippen LogP contribution in [-0.4, -0.2) is 14.1 Å². The van der Waals surface area contributed by atoms with Crippen molar-refractivity contribution < 1.29 is 0 Å². The van der Waals surface area contributed by atoms with Crippen molar-refractivity contribution in [2.45, 2.75) is 16.7 Å². The summed E-state index contributed by atoms with van der Waals surface area (Å²) in [4.78, 5) is 4.60. The maximum atomic E-state index is 5.89. The molecule has 0 bridgehead atoms. The molecule has 0 spiro atoms. The Morgan fingerprint density at radius 2 is 1.67 bits per heavy atom. The second-order valence-electron chi connectivity index (χ2n) is 4.40. The van der Waals surface area contributed by atoms with Crippen LogP contribution in [0.25, 0.3) is 0 Å². The van der Waals surface area contributed by atoms with Crippen LogP contribution >= 0.6 is 23.4 Å². The van der Waals surface area contributed by atoms with Gasteiger partial charge in [0, 0.05) is 34.6 Å². The lowest BCUT2D eigenvalue weighted by Gasteiger charge is -2.14. The molecule has 0 aliphatic carbocycles. The molecule has 0 saturated heterocycles. The summed E-state index contributed by atoms with van der Waals surface area (Å²) in [5.41, 5.74) is 2.52. The van der Waals surface area contributed by atoms with Crippen LogP contribution in [0.3, 0.4) is 0 Å². The molecule has 2 aromatic carbocycles. The fourth-order valence-corrected chi connectivity index (χ4v) is 2.66. The van der Waals surface area contributed by atoms with Gasteiger partial charge in [-0.15, -0.1) is 0 Å². The molecule has 94 valence electrons. The lowest BCUT2D eigenvalue weighted by Crippen LogP contribution is -2.08. The Hall–Kier alpha value is -1.12. The minimum Gasteiger partial charge on any atom is -0.378 e. The Bertz CT molecular complexity index is 535. The topological polar surface area (TPSA) is 3.24 Å². The van der Waals surface area contributed by atoms with Gasteiger partial charge in [-0.1, -0.05) is 23.4 Å². The summed E-state index contributed by atoms with van der Waals surface area (Å²) in [6.45, 7) is 2.14. The summed E-state index contributed by atoms with van der Waals surface area (Å²) in [5.74, 6) is 0. The Morgan fingerprint density at radius 1 is 1.00 bits per heavy atom. The zero-order chi connectivity index (χ0) is 13.1. The van der Waals surface area contributed by atoms with Gasteiger partial charge in [-0.25, -0.2) is 0 Å². The molecule has 0 aliphatic rings. The van der Waals surface area contributed by atoms with Crippen molar-refractivity contribution in [3.63, 3.8) is 0 Å². The maximum absolute atomic E-state index is 5.89. The fourth-order valence-electron chi connectivity index (χ4n) is 1.66. The number of aryl methyl sites for hydroxylation is 1. The van der Waals surface area contributed by atoms with Gasteiger partial charge in [0.15, 0.2) is 0 Å². The van der Waals surface area contributed by atoms with Crippen LogP contribution in [-0.2, 0) is 0 Å². The van der Waals surface area contributed by atoms with Crippen LogP contribution in [0.15, 0.2) is 52.3 Å². The summed E-state index contributed by atoms with van der Waals surface area (Å²) >= 11 is 7.65. The third kappa shape index (κ3) is 3.21. The van der Waals surface area contributed by atoms with Gasteiger partial charge in [-0.3, -0.25) is 0 Å². The van der Waals surface area contributed by atoms with Crippen LogP contribution in [0.2, 0.25) is 5.02 Å². The first-order valence-corrected chi connectivity index (χ1v) is 6.97. The highest BCUT2D eigenvalue weighted by atomic mass is 35.5. The molecule has 18 heavy (non-hydrogen) atoms. The summed E-state index contributed by atoms with van der Waals surface area (Å²) in [6.07, 6.45) is 0. The van der Waals surface area contributed by atoms with Crippen LogP contribution in [0.4, 0.5) is 5.69 Å². The highest BCUT2D eigenvalue weighted by Crippen LogP contribution is 2.32. The quantitative estimate of drug-likeness (QED) is 0.788. The zero-order valence-corrected chi connectivity index (χ0v) is 12.3. The predicted molar refractivity (Wildman–Crippen MR) is 81.1 cm³/mol. The van der Waals surface area contributed by atoms with Crippen molar-refractivity contribution in [2.24, 2.45) is 0 Å². The number of hydrogen-bond acceptors (Lipinski definition) is 2. The van der Waals surface area contributed by atoms with Crippen molar-refractivity contribution in [3.8, 4) is 0 Å². The van der Waals surface area contributed by atoms with Gasteiger partial charge in [-0.2, -0.15) is 0 Å². The van der Waals surface area contributed by atoms with E-state index in [1.165, 1.54) is 21.0 Å². The molecule has 0 radical (unpaired) electrons. The van der Waals surface area contributed by atoms with Crippen molar-refractivity contribution in [3.05, 3.63) is 53.1 Å². The molecule has 0 atom stereocenters. The van der Waals surface area contributed by atoms with Gasteiger partial charge in [0.2, 0.25) is 0 Å². The van der Waals surface area contributed by atoms with Crippen molar-refractivity contribution in [2.75, 3.05) is 19.0 Å². The van der Waals surface area contributed by atoms with Crippen LogP contribution in [0.1, 0.15) is 5.56 Å². The number of halogens is 1. The molecule has 2 aromatic rings. The first kappa shape index (κ1) is 13.3. The Labute approximate surface area is 118 Å². The minimum absolute atomic E-state index is 0.777. The van der Waals surface area contributed by atoms with E-state index in [9.17, 15) is 0 Å². The van der Waals surface area contributed by atoms with Gasteiger partial charge in [0.1, 0.15) is 0 Å². The normalized spacial score (nSPS) is 10.4. The Morgan fingerprint density at radius 3 is 2.22 bits per heavy atom. The first-order chi connectivity index (χ1) is 8.56. The molecule has 3 heteroatoms. The highest BCUT2D eigenvalue weighted by molar-refractivity contribution is 7.99. The summed E-state index contributed by atoms with van der Waals surface area (Å²) < 4.78 is 0. The van der Waals surface area contributed by atoms with Crippen LogP contribution < -0.4 is 4.90 Å². The number of rotatable bonds is 3. The monoisotopic (exact) mass is 277 g/mol. The van der Waals surface area contributed by atoms with Crippen molar-refractivity contribution >= 4 is 29.1 Å². The second-order valence-corrected chi connectivity index (χ2v) is 5.95. The number of anilines is 1. The van der Waals surface area contributed by atoms with Gasteiger partial charge in [-0.05, 0) is 55.0 Å². The molecular formula is C15H16ClNS. The van der Waals surface area contributed by atoms with E-state index in [1.807, 2.05) is 24.3 Å². The largest absolute Gasteiger partial charge is 0.378 e. The molecule has 0 unspecified atom stereocenters. The smallest absolute Gasteiger partial charge is 0.0406 e. The maximum Gasteiger partial charge on any atom is 0.0406 e. The summed E-state index contributed by atoms with van der Waals surface area (Å²) in [7, 11) is 4.11. The van der Waals surface area contributed by atoms with E-state index in [0.717, 1.165) is 5.02 Å². The number of benzene rings is 2.